The summed E-state index contributed by atoms with van der Waals surface area (Å²) >= 11 is 0. The Hall–Kier alpha value is -0.870. The van der Waals surface area contributed by atoms with Crippen molar-refractivity contribution in [2.75, 3.05) is 26.7 Å². The van der Waals surface area contributed by atoms with Crippen molar-refractivity contribution < 1.29 is 4.79 Å². The molecule has 1 amide bonds. The molecule has 17 heavy (non-hydrogen) atoms. The molecule has 0 spiro atoms. The zero-order valence-corrected chi connectivity index (χ0v) is 10.8. The minimum Gasteiger partial charge on any atom is -0.352 e. The maximum absolute atomic E-state index is 11.6. The van der Waals surface area contributed by atoms with E-state index in [1.54, 1.807) is 6.08 Å². The van der Waals surface area contributed by atoms with Crippen LogP contribution in [0.5, 0.6) is 0 Å². The predicted molar refractivity (Wildman–Crippen MR) is 70.6 cm³/mol. The van der Waals surface area contributed by atoms with Crippen LogP contribution in [0, 0.1) is 5.92 Å². The van der Waals surface area contributed by atoms with Gasteiger partial charge in [-0.05, 0) is 32.4 Å². The lowest BCUT2D eigenvalue weighted by atomic mass is 9.84. The third-order valence-electron chi connectivity index (χ3n) is 3.57. The third kappa shape index (κ3) is 4.48. The molecule has 98 valence electrons. The normalized spacial score (nSPS) is 24.6. The molecule has 1 aliphatic rings. The zero-order chi connectivity index (χ0) is 12.7. The molecule has 4 nitrogen and oxygen atoms in total. The number of hydrogen-bond acceptors (Lipinski definition) is 3. The van der Waals surface area contributed by atoms with Crippen LogP contribution in [0.15, 0.2) is 12.7 Å². The SMILES string of the molecule is C=CCNC(=O)CN(C)C1CCCCC1CN. The number of nitrogens with one attached hydrogen (secondary N) is 1. The molecular formula is C13H25N3O. The average Bonchev–Trinajstić information content (AvgIpc) is 2.36. The Morgan fingerprint density at radius 1 is 1.53 bits per heavy atom. The van der Waals surface area contributed by atoms with Crippen molar-refractivity contribution in [1.82, 2.24) is 10.2 Å². The number of carbonyl (C=O) groups is 1. The predicted octanol–water partition coefficient (Wildman–Crippen LogP) is 0.738. The monoisotopic (exact) mass is 239 g/mol. The topological polar surface area (TPSA) is 58.4 Å². The molecule has 2 unspecified atom stereocenters. The molecule has 2 atom stereocenters. The minimum atomic E-state index is 0.0637. The van der Waals surface area contributed by atoms with Gasteiger partial charge in [0, 0.05) is 12.6 Å². The summed E-state index contributed by atoms with van der Waals surface area (Å²) in [5.74, 6) is 0.606. The van der Waals surface area contributed by atoms with Crippen molar-refractivity contribution >= 4 is 5.91 Å². The second kappa shape index (κ2) is 7.45. The Morgan fingerprint density at radius 2 is 2.24 bits per heavy atom. The molecule has 0 aromatic carbocycles. The summed E-state index contributed by atoms with van der Waals surface area (Å²) in [7, 11) is 2.02. The van der Waals surface area contributed by atoms with Crippen molar-refractivity contribution in [3.63, 3.8) is 0 Å². The fourth-order valence-electron chi connectivity index (χ4n) is 2.63. The van der Waals surface area contributed by atoms with Gasteiger partial charge >= 0.3 is 0 Å². The first-order valence-corrected chi connectivity index (χ1v) is 6.47. The summed E-state index contributed by atoms with van der Waals surface area (Å²) in [5, 5.41) is 2.81. The van der Waals surface area contributed by atoms with E-state index in [-0.39, 0.29) is 5.91 Å². The molecule has 0 bridgehead atoms. The Morgan fingerprint density at radius 3 is 2.88 bits per heavy atom. The first kappa shape index (κ1) is 14.2. The first-order valence-electron chi connectivity index (χ1n) is 6.47. The van der Waals surface area contributed by atoms with E-state index < -0.39 is 0 Å². The van der Waals surface area contributed by atoms with Gasteiger partial charge in [-0.2, -0.15) is 0 Å². The van der Waals surface area contributed by atoms with Crippen LogP contribution in [0.3, 0.4) is 0 Å². The Kier molecular flexibility index (Phi) is 6.22. The highest BCUT2D eigenvalue weighted by Gasteiger charge is 2.27. The average molecular weight is 239 g/mol. The van der Waals surface area contributed by atoms with Crippen LogP contribution in [0.4, 0.5) is 0 Å². The van der Waals surface area contributed by atoms with Crippen molar-refractivity contribution in [2.24, 2.45) is 11.7 Å². The van der Waals surface area contributed by atoms with Crippen molar-refractivity contribution in [1.29, 1.82) is 0 Å². The van der Waals surface area contributed by atoms with Gasteiger partial charge in [0.1, 0.15) is 0 Å². The number of rotatable bonds is 6. The highest BCUT2D eigenvalue weighted by molar-refractivity contribution is 5.78. The van der Waals surface area contributed by atoms with Gasteiger partial charge in [0.05, 0.1) is 6.54 Å². The zero-order valence-electron chi connectivity index (χ0n) is 10.8. The summed E-state index contributed by atoms with van der Waals surface area (Å²) in [5.41, 5.74) is 5.80. The fourth-order valence-corrected chi connectivity index (χ4v) is 2.63. The standard InChI is InChI=1S/C13H25N3O/c1-3-8-15-13(17)10-16(2)12-7-5-4-6-11(12)9-14/h3,11-12H,1,4-10,14H2,2H3,(H,15,17). The van der Waals surface area contributed by atoms with Gasteiger partial charge in [0.25, 0.3) is 0 Å². The van der Waals surface area contributed by atoms with Crippen LogP contribution in [0.2, 0.25) is 0 Å². The maximum Gasteiger partial charge on any atom is 0.234 e. The third-order valence-corrected chi connectivity index (χ3v) is 3.57. The second-order valence-electron chi connectivity index (χ2n) is 4.86. The van der Waals surface area contributed by atoms with Gasteiger partial charge in [0.2, 0.25) is 5.91 Å². The Labute approximate surface area is 104 Å². The number of hydrogen-bond donors (Lipinski definition) is 2. The maximum atomic E-state index is 11.6. The first-order chi connectivity index (χ1) is 8.19. The lowest BCUT2D eigenvalue weighted by Crippen LogP contribution is -2.47. The molecule has 4 heteroatoms. The summed E-state index contributed by atoms with van der Waals surface area (Å²) in [6, 6.07) is 0.461. The Balaban J connectivity index is 2.41. The number of carbonyl (C=O) groups excluding carboxylic acids is 1. The number of likely N-dealkylation sites (N-methyl/N-ethyl adjacent to an activating group) is 1. The van der Waals surface area contributed by atoms with E-state index in [0.717, 1.165) is 13.0 Å². The van der Waals surface area contributed by atoms with Gasteiger partial charge in [-0.15, -0.1) is 6.58 Å². The smallest absolute Gasteiger partial charge is 0.234 e. The number of amides is 1. The number of nitrogens with two attached hydrogens (primary N) is 1. The van der Waals surface area contributed by atoms with Crippen molar-refractivity contribution in [3.8, 4) is 0 Å². The summed E-state index contributed by atoms with van der Waals surface area (Å²) in [6.07, 6.45) is 6.57. The van der Waals surface area contributed by atoms with Crippen LogP contribution >= 0.6 is 0 Å². The van der Waals surface area contributed by atoms with Crippen LogP contribution in [-0.2, 0) is 4.79 Å². The molecule has 0 saturated heterocycles. The lowest BCUT2D eigenvalue weighted by Gasteiger charge is -2.37. The summed E-state index contributed by atoms with van der Waals surface area (Å²) < 4.78 is 0. The van der Waals surface area contributed by atoms with E-state index in [1.807, 2.05) is 7.05 Å². The van der Waals surface area contributed by atoms with E-state index in [2.05, 4.69) is 16.8 Å². The van der Waals surface area contributed by atoms with E-state index in [4.69, 9.17) is 5.73 Å². The number of nitrogens with zero attached hydrogens (tertiary/aromatic N) is 1. The Bertz CT molecular complexity index is 255. The highest BCUT2D eigenvalue weighted by atomic mass is 16.2. The van der Waals surface area contributed by atoms with Crippen LogP contribution in [0.1, 0.15) is 25.7 Å². The second-order valence-corrected chi connectivity index (χ2v) is 4.86. The molecule has 0 radical (unpaired) electrons. The molecule has 1 saturated carbocycles. The van der Waals surface area contributed by atoms with Gasteiger partial charge in [-0.25, -0.2) is 0 Å². The van der Waals surface area contributed by atoms with Gasteiger partial charge in [0.15, 0.2) is 0 Å². The van der Waals surface area contributed by atoms with Crippen LogP contribution in [-0.4, -0.2) is 43.5 Å². The minimum absolute atomic E-state index is 0.0637. The summed E-state index contributed by atoms with van der Waals surface area (Å²) in [6.45, 7) is 5.30. The van der Waals surface area contributed by atoms with E-state index in [1.165, 1.54) is 19.3 Å². The molecule has 0 aromatic heterocycles. The van der Waals surface area contributed by atoms with Crippen LogP contribution in [0.25, 0.3) is 0 Å². The highest BCUT2D eigenvalue weighted by Crippen LogP contribution is 2.26. The van der Waals surface area contributed by atoms with Gasteiger partial charge in [-0.1, -0.05) is 18.9 Å². The van der Waals surface area contributed by atoms with E-state index >= 15 is 0 Å². The molecule has 1 rings (SSSR count). The van der Waals surface area contributed by atoms with Crippen molar-refractivity contribution in [2.45, 2.75) is 31.7 Å². The van der Waals surface area contributed by atoms with Crippen LogP contribution < -0.4 is 11.1 Å². The molecule has 1 aliphatic carbocycles. The fraction of sp³-hybridized carbons (Fsp3) is 0.769. The molecule has 0 heterocycles. The lowest BCUT2D eigenvalue weighted by molar-refractivity contribution is -0.122. The van der Waals surface area contributed by atoms with E-state index in [9.17, 15) is 4.79 Å². The molecular weight excluding hydrogens is 214 g/mol. The molecule has 1 fully saturated rings. The summed E-state index contributed by atoms with van der Waals surface area (Å²) in [4.78, 5) is 13.8. The van der Waals surface area contributed by atoms with Crippen molar-refractivity contribution in [3.05, 3.63) is 12.7 Å². The van der Waals surface area contributed by atoms with Gasteiger partial charge < -0.3 is 11.1 Å². The van der Waals surface area contributed by atoms with Gasteiger partial charge in [-0.3, -0.25) is 9.69 Å². The molecule has 3 N–H and O–H groups in total. The quantitative estimate of drug-likeness (QED) is 0.672. The van der Waals surface area contributed by atoms with E-state index in [0.29, 0.717) is 25.0 Å². The molecule has 0 aromatic rings. The largest absolute Gasteiger partial charge is 0.352 e. The molecule has 0 aliphatic heterocycles.